The molecule has 3 aromatic rings. The summed E-state index contributed by atoms with van der Waals surface area (Å²) in [6, 6.07) is 11.8. The molecule has 0 radical (unpaired) electrons. The van der Waals surface area contributed by atoms with Gasteiger partial charge in [-0.05, 0) is 75.1 Å². The van der Waals surface area contributed by atoms with Crippen LogP contribution in [0, 0.1) is 6.92 Å². The molecule has 0 saturated carbocycles. The predicted molar refractivity (Wildman–Crippen MR) is 139 cm³/mol. The van der Waals surface area contributed by atoms with E-state index in [4.69, 9.17) is 4.74 Å². The van der Waals surface area contributed by atoms with Gasteiger partial charge < -0.3 is 9.30 Å². The van der Waals surface area contributed by atoms with Crippen molar-refractivity contribution in [2.24, 2.45) is 4.99 Å². The van der Waals surface area contributed by atoms with E-state index in [1.54, 1.807) is 15.8 Å². The molecule has 1 amide bonds. The Morgan fingerprint density at radius 3 is 2.56 bits per heavy atom. The van der Waals surface area contributed by atoms with Crippen LogP contribution < -0.4 is 4.80 Å². The third kappa shape index (κ3) is 5.45. The lowest BCUT2D eigenvalue weighted by Gasteiger charge is -2.34. The van der Waals surface area contributed by atoms with E-state index in [0.29, 0.717) is 11.3 Å². The number of esters is 1. The van der Waals surface area contributed by atoms with Gasteiger partial charge in [0, 0.05) is 18.2 Å². The summed E-state index contributed by atoms with van der Waals surface area (Å²) in [4.78, 5) is 30.1. The van der Waals surface area contributed by atoms with Crippen molar-refractivity contribution in [3.63, 3.8) is 0 Å². The third-order valence-electron chi connectivity index (χ3n) is 6.38. The molecule has 4 rings (SSSR count). The molecule has 1 atom stereocenters. The fraction of sp³-hybridized carbons (Fsp3) is 0.423. The molecule has 8 nitrogen and oxygen atoms in total. The number of ether oxygens (including phenoxy) is 1. The Bertz CT molecular complexity index is 1440. The highest BCUT2D eigenvalue weighted by atomic mass is 32.2. The van der Waals surface area contributed by atoms with Crippen molar-refractivity contribution in [2.45, 2.75) is 63.9 Å². The largest absolute Gasteiger partial charge is 0.465 e. The van der Waals surface area contributed by atoms with Crippen LogP contribution in [0.15, 0.2) is 52.4 Å². The standard InChI is InChI=1S/C26H31N3O5S2/c1-4-20-8-6-7-15-29(20)36(32,33)21-12-10-19(11-13-21)25(31)27-26-28(17-24(30)34-5-2)22-14-9-18(3)16-23(22)35-26/h9-14,16,20H,4-8,15,17H2,1-3H3. The minimum absolute atomic E-state index is 0.00602. The van der Waals surface area contributed by atoms with Crippen LogP contribution in [0.5, 0.6) is 0 Å². The number of sulfonamides is 1. The summed E-state index contributed by atoms with van der Waals surface area (Å²) in [7, 11) is -3.63. The zero-order chi connectivity index (χ0) is 25.9. The summed E-state index contributed by atoms with van der Waals surface area (Å²) < 4.78 is 35.7. The van der Waals surface area contributed by atoms with Gasteiger partial charge >= 0.3 is 5.97 Å². The summed E-state index contributed by atoms with van der Waals surface area (Å²) in [5.41, 5.74) is 2.12. The fourth-order valence-corrected chi connectivity index (χ4v) is 7.40. The van der Waals surface area contributed by atoms with Crippen LogP contribution >= 0.6 is 11.3 Å². The van der Waals surface area contributed by atoms with Gasteiger partial charge in [-0.25, -0.2) is 8.42 Å². The zero-order valence-electron chi connectivity index (χ0n) is 20.8. The summed E-state index contributed by atoms with van der Waals surface area (Å²) in [5, 5.41) is 0. The number of rotatable bonds is 7. The van der Waals surface area contributed by atoms with Gasteiger partial charge in [-0.3, -0.25) is 9.59 Å². The molecule has 0 aliphatic carbocycles. The van der Waals surface area contributed by atoms with E-state index in [1.165, 1.54) is 35.6 Å². The average molecular weight is 530 g/mol. The molecule has 1 unspecified atom stereocenters. The zero-order valence-corrected chi connectivity index (χ0v) is 22.4. The van der Waals surface area contributed by atoms with Crippen molar-refractivity contribution in [3.05, 3.63) is 58.4 Å². The maximum atomic E-state index is 13.2. The number of nitrogens with zero attached hydrogens (tertiary/aromatic N) is 3. The van der Waals surface area contributed by atoms with Crippen LogP contribution in [0.3, 0.4) is 0 Å². The lowest BCUT2D eigenvalue weighted by Crippen LogP contribution is -2.43. The number of thiazole rings is 1. The second-order valence-electron chi connectivity index (χ2n) is 8.86. The van der Waals surface area contributed by atoms with E-state index in [0.717, 1.165) is 41.5 Å². The Morgan fingerprint density at radius 2 is 1.86 bits per heavy atom. The number of piperidine rings is 1. The Kier molecular flexibility index (Phi) is 8.07. The quantitative estimate of drug-likeness (QED) is 0.426. The summed E-state index contributed by atoms with van der Waals surface area (Å²) in [5.74, 6) is -0.923. The molecule has 1 aliphatic rings. The van der Waals surface area contributed by atoms with E-state index in [1.807, 2.05) is 32.0 Å². The maximum Gasteiger partial charge on any atom is 0.326 e. The number of aryl methyl sites for hydroxylation is 1. The molecular formula is C26H31N3O5S2. The lowest BCUT2D eigenvalue weighted by atomic mass is 10.0. The monoisotopic (exact) mass is 529 g/mol. The molecular weight excluding hydrogens is 498 g/mol. The number of amides is 1. The number of fused-ring (bicyclic) bond motifs is 1. The van der Waals surface area contributed by atoms with Crippen LogP contribution in [0.2, 0.25) is 0 Å². The normalized spacial score (nSPS) is 17.4. The molecule has 1 saturated heterocycles. The van der Waals surface area contributed by atoms with Crippen LogP contribution in [-0.4, -0.2) is 48.4 Å². The molecule has 0 N–H and O–H groups in total. The highest BCUT2D eigenvalue weighted by Gasteiger charge is 2.32. The van der Waals surface area contributed by atoms with Crippen molar-refractivity contribution < 1.29 is 22.7 Å². The molecule has 2 heterocycles. The number of benzene rings is 2. The van der Waals surface area contributed by atoms with Gasteiger partial charge in [0.2, 0.25) is 10.0 Å². The second-order valence-corrected chi connectivity index (χ2v) is 11.8. The van der Waals surface area contributed by atoms with E-state index in [2.05, 4.69) is 4.99 Å². The number of hydrogen-bond acceptors (Lipinski definition) is 6. The minimum atomic E-state index is -3.63. The Morgan fingerprint density at radius 1 is 1.11 bits per heavy atom. The van der Waals surface area contributed by atoms with Gasteiger partial charge in [-0.2, -0.15) is 9.30 Å². The highest BCUT2D eigenvalue weighted by molar-refractivity contribution is 7.89. The Balaban J connectivity index is 1.65. The lowest BCUT2D eigenvalue weighted by molar-refractivity contribution is -0.143. The maximum absolute atomic E-state index is 13.2. The van der Waals surface area contributed by atoms with Crippen LogP contribution in [0.4, 0.5) is 0 Å². The van der Waals surface area contributed by atoms with Crippen molar-refractivity contribution in [1.29, 1.82) is 0 Å². The summed E-state index contributed by atoms with van der Waals surface area (Å²) in [6.07, 6.45) is 3.53. The first-order chi connectivity index (χ1) is 17.2. The number of carbonyl (C=O) groups is 2. The van der Waals surface area contributed by atoms with Gasteiger partial charge in [0.05, 0.1) is 21.7 Å². The first kappa shape index (κ1) is 26.2. The van der Waals surface area contributed by atoms with E-state index in [-0.39, 0.29) is 29.7 Å². The molecule has 0 spiro atoms. The number of hydrogen-bond donors (Lipinski definition) is 0. The number of aromatic nitrogens is 1. The molecule has 1 aromatic heterocycles. The predicted octanol–water partition coefficient (Wildman–Crippen LogP) is 4.27. The molecule has 2 aromatic carbocycles. The molecule has 1 aliphatic heterocycles. The van der Waals surface area contributed by atoms with Gasteiger partial charge in [0.25, 0.3) is 5.91 Å². The molecule has 192 valence electrons. The van der Waals surface area contributed by atoms with E-state index in [9.17, 15) is 18.0 Å². The minimum Gasteiger partial charge on any atom is -0.465 e. The topological polar surface area (TPSA) is 98.0 Å². The average Bonchev–Trinajstić information content (AvgIpc) is 3.19. The van der Waals surface area contributed by atoms with Crippen LogP contribution in [0.25, 0.3) is 10.2 Å². The Labute approximate surface area is 215 Å². The molecule has 36 heavy (non-hydrogen) atoms. The van der Waals surface area contributed by atoms with Gasteiger partial charge in [0.15, 0.2) is 4.80 Å². The van der Waals surface area contributed by atoms with Crippen molar-refractivity contribution >= 4 is 43.5 Å². The first-order valence-corrected chi connectivity index (χ1v) is 14.5. The molecule has 1 fully saturated rings. The smallest absolute Gasteiger partial charge is 0.326 e. The molecule has 0 bridgehead atoms. The van der Waals surface area contributed by atoms with Crippen LogP contribution in [0.1, 0.15) is 55.5 Å². The van der Waals surface area contributed by atoms with Gasteiger partial charge in [0.1, 0.15) is 6.54 Å². The van der Waals surface area contributed by atoms with Crippen molar-refractivity contribution in [2.75, 3.05) is 13.2 Å². The number of carbonyl (C=O) groups excluding carboxylic acids is 2. The van der Waals surface area contributed by atoms with Gasteiger partial charge in [-0.1, -0.05) is 30.7 Å². The van der Waals surface area contributed by atoms with Crippen molar-refractivity contribution in [3.8, 4) is 0 Å². The molecule has 10 heteroatoms. The second kappa shape index (κ2) is 11.1. The summed E-state index contributed by atoms with van der Waals surface area (Å²) >= 11 is 1.32. The summed E-state index contributed by atoms with van der Waals surface area (Å²) in [6.45, 7) is 6.43. The SMILES string of the molecule is CCOC(=O)Cn1c(=NC(=O)c2ccc(S(=O)(=O)N3CCCCC3CC)cc2)sc2cc(C)ccc21. The Hall–Kier alpha value is -2.82. The van der Waals surface area contributed by atoms with E-state index >= 15 is 0 Å². The fourth-order valence-electron chi connectivity index (χ4n) is 4.51. The van der Waals surface area contributed by atoms with Crippen molar-refractivity contribution in [1.82, 2.24) is 8.87 Å². The highest BCUT2D eigenvalue weighted by Crippen LogP contribution is 2.27. The first-order valence-electron chi connectivity index (χ1n) is 12.2. The van der Waals surface area contributed by atoms with Gasteiger partial charge in [-0.15, -0.1) is 0 Å². The van der Waals surface area contributed by atoms with E-state index < -0.39 is 21.9 Å². The third-order valence-corrected chi connectivity index (χ3v) is 9.39. The van der Waals surface area contributed by atoms with Crippen LogP contribution in [-0.2, 0) is 26.1 Å².